The Labute approximate surface area is 211 Å². The van der Waals surface area contributed by atoms with Gasteiger partial charge in [-0.05, 0) is 49.4 Å². The predicted molar refractivity (Wildman–Crippen MR) is 134 cm³/mol. The highest BCUT2D eigenvalue weighted by Gasteiger charge is 2.27. The minimum Gasteiger partial charge on any atom is -0.271 e. The standard InChI is InChI=1S/C22H17Cl4N3O3S/c1-14-2-6-20(7-3-14)33(31,32)29(19-9-17(24)8-18(25)10-19)13-22(30)28-27-12-15-4-5-16(23)11-21(15)26/h2-12H,13H2,1H3,(H,28,30)/b27-12-. The Kier molecular flexibility index (Phi) is 8.26. The smallest absolute Gasteiger partial charge is 0.264 e. The summed E-state index contributed by atoms with van der Waals surface area (Å²) in [4.78, 5) is 12.6. The Morgan fingerprint density at radius 3 is 2.18 bits per heavy atom. The normalized spacial score (nSPS) is 11.5. The van der Waals surface area contributed by atoms with Crippen LogP contribution in [0.1, 0.15) is 11.1 Å². The summed E-state index contributed by atoms with van der Waals surface area (Å²) in [5.74, 6) is -0.692. The number of nitrogens with zero attached hydrogens (tertiary/aromatic N) is 2. The number of hydrogen-bond donors (Lipinski definition) is 1. The van der Waals surface area contributed by atoms with Crippen LogP contribution in [0, 0.1) is 6.92 Å². The number of hydrogen-bond acceptors (Lipinski definition) is 4. The molecule has 6 nitrogen and oxygen atoms in total. The van der Waals surface area contributed by atoms with Crippen LogP contribution >= 0.6 is 46.4 Å². The molecule has 3 aromatic carbocycles. The number of anilines is 1. The molecule has 0 unspecified atom stereocenters. The van der Waals surface area contributed by atoms with E-state index in [9.17, 15) is 13.2 Å². The Balaban J connectivity index is 1.88. The topological polar surface area (TPSA) is 78.8 Å². The fourth-order valence-electron chi connectivity index (χ4n) is 2.78. The van der Waals surface area contributed by atoms with Crippen molar-refractivity contribution < 1.29 is 13.2 Å². The van der Waals surface area contributed by atoms with Crippen LogP contribution in [-0.4, -0.2) is 27.1 Å². The minimum absolute atomic E-state index is 0.00782. The molecule has 0 aliphatic heterocycles. The first-order chi connectivity index (χ1) is 15.6. The van der Waals surface area contributed by atoms with E-state index in [2.05, 4.69) is 10.5 Å². The Morgan fingerprint density at radius 2 is 1.58 bits per heavy atom. The van der Waals surface area contributed by atoms with Gasteiger partial charge in [0, 0.05) is 20.6 Å². The van der Waals surface area contributed by atoms with Crippen molar-refractivity contribution in [2.45, 2.75) is 11.8 Å². The van der Waals surface area contributed by atoms with Crippen LogP contribution in [0.15, 0.2) is 70.7 Å². The van der Waals surface area contributed by atoms with E-state index in [0.717, 1.165) is 9.87 Å². The Bertz CT molecular complexity index is 1290. The second kappa shape index (κ2) is 10.8. The van der Waals surface area contributed by atoms with Gasteiger partial charge in [-0.3, -0.25) is 9.10 Å². The highest BCUT2D eigenvalue weighted by Crippen LogP contribution is 2.29. The number of carbonyl (C=O) groups is 1. The van der Waals surface area contributed by atoms with Gasteiger partial charge >= 0.3 is 0 Å². The maximum absolute atomic E-state index is 13.4. The van der Waals surface area contributed by atoms with E-state index in [4.69, 9.17) is 46.4 Å². The van der Waals surface area contributed by atoms with Gasteiger partial charge in [0.1, 0.15) is 6.54 Å². The predicted octanol–water partition coefficient (Wildman–Crippen LogP) is 5.95. The lowest BCUT2D eigenvalue weighted by Gasteiger charge is -2.24. The summed E-state index contributed by atoms with van der Waals surface area (Å²) < 4.78 is 27.6. The van der Waals surface area contributed by atoms with Crippen LogP contribution in [0.5, 0.6) is 0 Å². The Hall–Kier alpha value is -2.29. The van der Waals surface area contributed by atoms with E-state index in [1.165, 1.54) is 42.6 Å². The fraction of sp³-hybridized carbons (Fsp3) is 0.0909. The zero-order valence-electron chi connectivity index (χ0n) is 17.1. The van der Waals surface area contributed by atoms with Crippen molar-refractivity contribution in [3.05, 3.63) is 91.9 Å². The summed E-state index contributed by atoms with van der Waals surface area (Å²) >= 11 is 24.1. The molecule has 0 fully saturated rings. The summed E-state index contributed by atoms with van der Waals surface area (Å²) in [6.45, 7) is 1.27. The molecule has 3 aromatic rings. The monoisotopic (exact) mass is 543 g/mol. The van der Waals surface area contributed by atoms with Crippen LogP contribution < -0.4 is 9.73 Å². The molecule has 33 heavy (non-hydrogen) atoms. The van der Waals surface area contributed by atoms with Gasteiger partial charge in [-0.25, -0.2) is 13.8 Å². The third-order valence-electron chi connectivity index (χ3n) is 4.39. The van der Waals surface area contributed by atoms with Crippen LogP contribution in [-0.2, 0) is 14.8 Å². The number of amides is 1. The molecule has 0 spiro atoms. The molecule has 0 aliphatic rings. The molecule has 3 rings (SSSR count). The van der Waals surface area contributed by atoms with Crippen LogP contribution in [0.2, 0.25) is 20.1 Å². The van der Waals surface area contributed by atoms with E-state index < -0.39 is 22.5 Å². The average molecular weight is 545 g/mol. The first kappa shape index (κ1) is 25.3. The molecular formula is C22H17Cl4N3O3S. The van der Waals surface area contributed by atoms with Crippen molar-refractivity contribution in [2.24, 2.45) is 5.10 Å². The lowest BCUT2D eigenvalue weighted by molar-refractivity contribution is -0.119. The van der Waals surface area contributed by atoms with E-state index in [0.29, 0.717) is 15.6 Å². The van der Waals surface area contributed by atoms with Crippen molar-refractivity contribution in [1.29, 1.82) is 0 Å². The zero-order valence-corrected chi connectivity index (χ0v) is 20.9. The highest BCUT2D eigenvalue weighted by molar-refractivity contribution is 7.92. The molecule has 0 radical (unpaired) electrons. The average Bonchev–Trinajstić information content (AvgIpc) is 2.73. The van der Waals surface area contributed by atoms with Crippen molar-refractivity contribution in [2.75, 3.05) is 10.8 Å². The summed E-state index contributed by atoms with van der Waals surface area (Å²) in [7, 11) is -4.12. The summed E-state index contributed by atoms with van der Waals surface area (Å²) in [5, 5.41) is 5.10. The molecule has 0 aliphatic carbocycles. The summed E-state index contributed by atoms with van der Waals surface area (Å²) in [6, 6.07) is 15.3. The first-order valence-corrected chi connectivity index (χ1v) is 12.3. The molecular weight excluding hydrogens is 528 g/mol. The molecule has 0 aromatic heterocycles. The lowest BCUT2D eigenvalue weighted by Crippen LogP contribution is -2.39. The molecule has 172 valence electrons. The lowest BCUT2D eigenvalue weighted by atomic mass is 10.2. The largest absolute Gasteiger partial charge is 0.271 e. The zero-order chi connectivity index (χ0) is 24.2. The third-order valence-corrected chi connectivity index (χ3v) is 7.17. The van der Waals surface area contributed by atoms with Gasteiger partial charge in [-0.15, -0.1) is 0 Å². The molecule has 1 N–H and O–H groups in total. The molecule has 0 atom stereocenters. The number of nitrogens with one attached hydrogen (secondary N) is 1. The van der Waals surface area contributed by atoms with Crippen molar-refractivity contribution >= 4 is 74.2 Å². The number of hydrazone groups is 1. The molecule has 11 heteroatoms. The summed E-state index contributed by atoms with van der Waals surface area (Å²) in [5.41, 5.74) is 3.84. The number of halogens is 4. The SMILES string of the molecule is Cc1ccc(S(=O)(=O)N(CC(=O)N/N=C\c2ccc(Cl)cc2Cl)c2cc(Cl)cc(Cl)c2)cc1. The molecule has 0 bridgehead atoms. The minimum atomic E-state index is -4.12. The molecule has 1 amide bonds. The second-order valence-corrected chi connectivity index (χ2v) is 10.5. The molecule has 0 heterocycles. The van der Waals surface area contributed by atoms with Gasteiger partial charge < -0.3 is 0 Å². The maximum atomic E-state index is 13.4. The van der Waals surface area contributed by atoms with Crippen molar-refractivity contribution in [3.63, 3.8) is 0 Å². The van der Waals surface area contributed by atoms with Gasteiger partial charge in [-0.1, -0.05) is 70.2 Å². The summed E-state index contributed by atoms with van der Waals surface area (Å²) in [6.07, 6.45) is 1.33. The number of benzene rings is 3. The van der Waals surface area contributed by atoms with Gasteiger partial charge in [0.05, 0.1) is 21.8 Å². The quantitative estimate of drug-likeness (QED) is 0.294. The first-order valence-electron chi connectivity index (χ1n) is 9.39. The van der Waals surface area contributed by atoms with E-state index in [1.54, 1.807) is 24.3 Å². The Morgan fingerprint density at radius 1 is 0.939 bits per heavy atom. The third kappa shape index (κ3) is 6.62. The van der Waals surface area contributed by atoms with E-state index in [-0.39, 0.29) is 20.6 Å². The van der Waals surface area contributed by atoms with Gasteiger partial charge in [-0.2, -0.15) is 5.10 Å². The van der Waals surface area contributed by atoms with Gasteiger partial charge in [0.25, 0.3) is 15.9 Å². The number of sulfonamides is 1. The molecule has 0 saturated heterocycles. The van der Waals surface area contributed by atoms with Crippen molar-refractivity contribution in [1.82, 2.24) is 5.43 Å². The van der Waals surface area contributed by atoms with Crippen LogP contribution in [0.4, 0.5) is 5.69 Å². The van der Waals surface area contributed by atoms with Crippen LogP contribution in [0.3, 0.4) is 0 Å². The van der Waals surface area contributed by atoms with Crippen molar-refractivity contribution in [3.8, 4) is 0 Å². The van der Waals surface area contributed by atoms with Gasteiger partial charge in [0.2, 0.25) is 0 Å². The maximum Gasteiger partial charge on any atom is 0.264 e. The van der Waals surface area contributed by atoms with E-state index >= 15 is 0 Å². The fourth-order valence-corrected chi connectivity index (χ4v) is 5.16. The highest BCUT2D eigenvalue weighted by atomic mass is 35.5. The molecule has 0 saturated carbocycles. The number of carbonyl (C=O) groups excluding carboxylic acids is 1. The number of aryl methyl sites for hydroxylation is 1. The van der Waals surface area contributed by atoms with E-state index in [1.807, 2.05) is 6.92 Å². The van der Waals surface area contributed by atoms with Crippen LogP contribution in [0.25, 0.3) is 0 Å². The second-order valence-electron chi connectivity index (χ2n) is 6.91. The number of rotatable bonds is 7. The van der Waals surface area contributed by atoms with Gasteiger partial charge in [0.15, 0.2) is 0 Å².